The highest BCUT2D eigenvalue weighted by Gasteiger charge is 2.26. The van der Waals surface area contributed by atoms with E-state index in [4.69, 9.17) is 25.0 Å². The van der Waals surface area contributed by atoms with Crippen LogP contribution in [0.15, 0.2) is 125 Å². The number of amides is 1. The smallest absolute Gasteiger partial charge is 0.397 e. The summed E-state index contributed by atoms with van der Waals surface area (Å²) in [4.78, 5) is 11.7. The number of azo groups is 2. The van der Waals surface area contributed by atoms with Crippen LogP contribution in [-0.2, 0) is 62.3 Å². The number of nitrogens with two attached hydrogens (primary N) is 1. The fourth-order valence-corrected chi connectivity index (χ4v) is 9.34. The number of phenolic OH excluding ortho intramolecular Hbond substituents is 1. The molecule has 0 spiro atoms. The fraction of sp³-hybridized carbons (Fsp3) is 0.121. The molecular formula is C33H30N6O19S6. The zero-order chi connectivity index (χ0) is 46.9. The van der Waals surface area contributed by atoms with Gasteiger partial charge in [-0.25, -0.2) is 31.5 Å². The predicted molar refractivity (Wildman–Crippen MR) is 225 cm³/mol. The van der Waals surface area contributed by atoms with Crippen LogP contribution in [0.25, 0.3) is 10.8 Å². The lowest BCUT2D eigenvalue weighted by Gasteiger charge is -2.14. The van der Waals surface area contributed by atoms with Gasteiger partial charge in [0.15, 0.2) is 37.7 Å². The van der Waals surface area contributed by atoms with Gasteiger partial charge in [-0.1, -0.05) is 11.1 Å². The zero-order valence-electron chi connectivity index (χ0n) is 31.7. The molecule has 1 amide bonds. The van der Waals surface area contributed by atoms with E-state index in [2.05, 4.69) is 43.7 Å². The number of anilines is 2. The van der Waals surface area contributed by atoms with Gasteiger partial charge in [0.05, 0.1) is 73.9 Å². The van der Waals surface area contributed by atoms with Crippen LogP contribution >= 0.6 is 24.4 Å². The normalized spacial score (nSPS) is 12.7. The van der Waals surface area contributed by atoms with Crippen LogP contribution in [0.3, 0.4) is 0 Å². The number of nitrogens with one attached hydrogen (secondary N) is 1. The molecule has 5 aromatic rings. The lowest BCUT2D eigenvalue weighted by atomic mass is 10.1. The number of nitrogens with zero attached hydrogens (tertiary/aromatic N) is 4. The lowest BCUT2D eigenvalue weighted by molar-refractivity contribution is -0.432. The monoisotopic (exact) mass is 1010 g/mol. The highest BCUT2D eigenvalue weighted by molar-refractivity contribution is 7.94. The van der Waals surface area contributed by atoms with Crippen molar-refractivity contribution in [3.05, 3.63) is 90.5 Å². The lowest BCUT2D eigenvalue weighted by Crippen LogP contribution is -2.15. The van der Waals surface area contributed by atoms with Crippen LogP contribution in [0.5, 0.6) is 5.75 Å². The third-order valence-electron chi connectivity index (χ3n) is 8.15. The number of aromatic hydroxyl groups is 1. The molecule has 0 fully saturated rings. The molecule has 5 aromatic carbocycles. The summed E-state index contributed by atoms with van der Waals surface area (Å²) in [6, 6.07) is 17.2. The first-order valence-corrected chi connectivity index (χ1v) is 24.5. The third kappa shape index (κ3) is 13.2. The Morgan fingerprint density at radius 2 is 1.34 bits per heavy atom. The van der Waals surface area contributed by atoms with Crippen LogP contribution in [0, 0.1) is 0 Å². The van der Waals surface area contributed by atoms with Crippen LogP contribution in [0.1, 0.15) is 10.4 Å². The average molecular weight is 1010 g/mol. The van der Waals surface area contributed by atoms with E-state index in [1.54, 1.807) is 0 Å². The molecule has 0 saturated heterocycles. The Hall–Kier alpha value is -5.23. The first-order valence-electron chi connectivity index (χ1n) is 17.0. The van der Waals surface area contributed by atoms with Gasteiger partial charge in [0, 0.05) is 11.3 Å². The summed E-state index contributed by atoms with van der Waals surface area (Å²) in [6.07, 6.45) is 0. The van der Waals surface area contributed by atoms with Gasteiger partial charge in [0.1, 0.15) is 16.3 Å². The maximum Gasteiger partial charge on any atom is 0.397 e. The van der Waals surface area contributed by atoms with Gasteiger partial charge < -0.3 is 16.2 Å². The maximum atomic E-state index is 13.1. The molecule has 25 nitrogen and oxygen atoms in total. The highest BCUT2D eigenvalue weighted by atomic mass is 32.3. The molecule has 0 aliphatic heterocycles. The van der Waals surface area contributed by atoms with Crippen molar-refractivity contribution in [3.8, 4) is 5.75 Å². The molecule has 0 aliphatic carbocycles. The SMILES string of the molecule is Nc1c(N=Nc2cccc(C(=O)Nc3ccc(S(=O)(=O)CCOS(=O)(=O)O)cc3)c2)c(S(=O)(=O)O)cc2cc(SOOO)c(N=Nc3ccc(S(=O)(=O)CCOSOO)cc3)c(O)c12. The zero-order valence-corrected chi connectivity index (χ0v) is 36.6. The van der Waals surface area contributed by atoms with Crippen LogP contribution < -0.4 is 11.1 Å². The summed E-state index contributed by atoms with van der Waals surface area (Å²) >= 11 is 0.468. The summed E-state index contributed by atoms with van der Waals surface area (Å²) in [5, 5.41) is 50.3. The molecule has 0 radical (unpaired) electrons. The van der Waals surface area contributed by atoms with Gasteiger partial charge in [-0.05, 0) is 84.2 Å². The molecule has 5 rings (SSSR count). The minimum atomic E-state index is -5.12. The van der Waals surface area contributed by atoms with E-state index in [0.29, 0.717) is 0 Å². The molecule has 0 saturated carbocycles. The molecular weight excluding hydrogens is 977 g/mol. The van der Waals surface area contributed by atoms with Crippen LogP contribution in [0.2, 0.25) is 0 Å². The number of sulfone groups is 2. The van der Waals surface area contributed by atoms with Crippen molar-refractivity contribution in [2.75, 3.05) is 35.8 Å². The summed E-state index contributed by atoms with van der Waals surface area (Å²) in [5.74, 6) is -2.71. The molecule has 8 N–H and O–H groups in total. The molecule has 31 heteroatoms. The van der Waals surface area contributed by atoms with Crippen molar-refractivity contribution in [1.29, 1.82) is 0 Å². The first kappa shape index (κ1) is 49.8. The third-order valence-corrected chi connectivity index (χ3v) is 13.8. The molecule has 342 valence electrons. The summed E-state index contributed by atoms with van der Waals surface area (Å²) in [5.41, 5.74) is 4.92. The van der Waals surface area contributed by atoms with E-state index in [-0.39, 0.29) is 84.7 Å². The van der Waals surface area contributed by atoms with Crippen molar-refractivity contribution < 1.29 is 85.3 Å². The Kier molecular flexibility index (Phi) is 16.5. The van der Waals surface area contributed by atoms with Gasteiger partial charge in [-0.3, -0.25) is 18.1 Å². The molecule has 0 aromatic heterocycles. The standard InChI is InChI=1S/C33H30N6O19S6/c34-29-28-20(17-26(59-58-56-42)30(32(28)40)38-36-22-6-10-25(11-7-22)61(44,45)14-12-54-60-57-43)18-27(63(48,49)50)31(29)39-37-23-3-1-2-19(16-23)33(41)35-21-4-8-24(9-5-21)62(46,47)15-13-55-64(51,52)53/h1-11,16-18,40,42-43H,12-15,34H2,(H,35,41)(H,48,49,50)(H,51,52,53). The minimum absolute atomic E-state index is 0.0152. The van der Waals surface area contributed by atoms with E-state index in [9.17, 15) is 48.1 Å². The predicted octanol–water partition coefficient (Wildman–Crippen LogP) is 6.32. The van der Waals surface area contributed by atoms with E-state index < -0.39 is 86.2 Å². The average Bonchev–Trinajstić information content (AvgIpc) is 3.23. The van der Waals surface area contributed by atoms with Crippen molar-refractivity contribution >= 4 is 115 Å². The van der Waals surface area contributed by atoms with Gasteiger partial charge in [-0.2, -0.15) is 27.1 Å². The summed E-state index contributed by atoms with van der Waals surface area (Å²) in [7, 11) is -17.8. The Morgan fingerprint density at radius 3 is 1.95 bits per heavy atom. The minimum Gasteiger partial charge on any atom is -0.505 e. The molecule has 0 atom stereocenters. The van der Waals surface area contributed by atoms with E-state index >= 15 is 0 Å². The van der Waals surface area contributed by atoms with E-state index in [0.717, 1.165) is 18.2 Å². The van der Waals surface area contributed by atoms with Gasteiger partial charge in [0.2, 0.25) is 0 Å². The first-order chi connectivity index (χ1) is 30.1. The number of nitrogen functional groups attached to an aromatic ring is 1. The van der Waals surface area contributed by atoms with Crippen molar-refractivity contribution in [1.82, 2.24) is 0 Å². The quantitative estimate of drug-likeness (QED) is 0.00803. The Morgan fingerprint density at radius 1 is 0.734 bits per heavy atom. The number of carbonyl (C=O) groups excluding carboxylic acids is 1. The second-order valence-corrected chi connectivity index (χ2v) is 20.2. The summed E-state index contributed by atoms with van der Waals surface area (Å²) in [6.45, 7) is -1.15. The fourth-order valence-electron chi connectivity index (χ4n) is 5.30. The largest absolute Gasteiger partial charge is 0.505 e. The van der Waals surface area contributed by atoms with Crippen molar-refractivity contribution in [3.63, 3.8) is 0 Å². The second kappa shape index (κ2) is 21.2. The topological polar surface area (TPSA) is 388 Å². The summed E-state index contributed by atoms with van der Waals surface area (Å²) < 4.78 is 133. The Bertz CT molecular complexity index is 3050. The van der Waals surface area contributed by atoms with Crippen LogP contribution in [-0.4, -0.2) is 89.0 Å². The number of hydrogen-bond donors (Lipinski definition) is 7. The number of hydrogen-bond acceptors (Lipinski definition) is 24. The van der Waals surface area contributed by atoms with Gasteiger partial charge in [-0.15, -0.1) is 18.9 Å². The van der Waals surface area contributed by atoms with E-state index in [1.807, 2.05) is 0 Å². The number of phenols is 1. The molecule has 0 aliphatic rings. The number of fused-ring (bicyclic) bond motifs is 1. The molecule has 0 bridgehead atoms. The maximum absolute atomic E-state index is 13.1. The molecule has 0 heterocycles. The second-order valence-electron chi connectivity index (χ2n) is 12.3. The highest BCUT2D eigenvalue weighted by Crippen LogP contribution is 2.49. The van der Waals surface area contributed by atoms with Crippen molar-refractivity contribution in [2.45, 2.75) is 19.6 Å². The Balaban J connectivity index is 1.43. The number of benzene rings is 5. The Labute approximate surface area is 370 Å². The molecule has 0 unspecified atom stereocenters. The molecule has 64 heavy (non-hydrogen) atoms. The van der Waals surface area contributed by atoms with E-state index in [1.165, 1.54) is 66.7 Å². The van der Waals surface area contributed by atoms with Crippen LogP contribution in [0.4, 0.5) is 34.1 Å². The number of rotatable bonds is 21. The van der Waals surface area contributed by atoms with Crippen molar-refractivity contribution in [2.24, 2.45) is 20.5 Å². The van der Waals surface area contributed by atoms with Gasteiger partial charge in [0.25, 0.3) is 16.0 Å². The number of carbonyl (C=O) groups is 1. The van der Waals surface area contributed by atoms with Gasteiger partial charge >= 0.3 is 10.4 Å².